The van der Waals surface area contributed by atoms with Gasteiger partial charge in [-0.3, -0.25) is 19.5 Å². The fourth-order valence-electron chi connectivity index (χ4n) is 1.72. The van der Waals surface area contributed by atoms with Crippen molar-refractivity contribution in [1.82, 2.24) is 5.43 Å². The summed E-state index contributed by atoms with van der Waals surface area (Å²) in [5.74, 6) is -0.437. The maximum absolute atomic E-state index is 12.2. The van der Waals surface area contributed by atoms with Crippen molar-refractivity contribution in [2.45, 2.75) is 20.3 Å². The van der Waals surface area contributed by atoms with Crippen LogP contribution in [0.25, 0.3) is 0 Å². The first-order valence-electron chi connectivity index (χ1n) is 7.34. The van der Waals surface area contributed by atoms with Crippen molar-refractivity contribution >= 4 is 25.4 Å². The van der Waals surface area contributed by atoms with Crippen LogP contribution in [0.5, 0.6) is 0 Å². The smallest absolute Gasteiger partial charge is 0.309 e. The van der Waals surface area contributed by atoms with Crippen LogP contribution < -0.4 is 5.43 Å². The van der Waals surface area contributed by atoms with Crippen molar-refractivity contribution < 1.29 is 23.3 Å². The molecule has 1 N–H and O–H groups in total. The number of nitro groups is 1. The SMILES string of the molecule is CCOP(=O)(CCC(=O)N/N=C/c1ccc([N+](=O)[O-])cc1)OCC. The van der Waals surface area contributed by atoms with E-state index in [9.17, 15) is 19.5 Å². The van der Waals surface area contributed by atoms with Crippen LogP contribution in [-0.2, 0) is 18.4 Å². The van der Waals surface area contributed by atoms with E-state index in [4.69, 9.17) is 9.05 Å². The lowest BCUT2D eigenvalue weighted by Crippen LogP contribution is -2.19. The molecule has 1 aromatic carbocycles. The molecule has 0 bridgehead atoms. The minimum atomic E-state index is -3.25. The predicted octanol–water partition coefficient (Wildman–Crippen LogP) is 2.70. The van der Waals surface area contributed by atoms with Gasteiger partial charge in [0.2, 0.25) is 5.91 Å². The summed E-state index contributed by atoms with van der Waals surface area (Å²) in [5, 5.41) is 14.3. The van der Waals surface area contributed by atoms with Gasteiger partial charge in [-0.25, -0.2) is 5.43 Å². The number of hydrogen-bond donors (Lipinski definition) is 1. The molecule has 1 amide bonds. The first kappa shape index (κ1) is 20.0. The molecule has 0 fully saturated rings. The molecule has 1 rings (SSSR count). The molecule has 0 aliphatic heterocycles. The number of carbonyl (C=O) groups excluding carboxylic acids is 1. The van der Waals surface area contributed by atoms with Crippen LogP contribution in [-0.4, -0.2) is 36.4 Å². The maximum Gasteiger partial charge on any atom is 0.331 e. The highest BCUT2D eigenvalue weighted by atomic mass is 31.2. The fourth-order valence-corrected chi connectivity index (χ4v) is 3.31. The Labute approximate surface area is 139 Å². The van der Waals surface area contributed by atoms with E-state index in [0.717, 1.165) is 0 Å². The summed E-state index contributed by atoms with van der Waals surface area (Å²) >= 11 is 0. The number of hydrazone groups is 1. The van der Waals surface area contributed by atoms with Gasteiger partial charge < -0.3 is 9.05 Å². The van der Waals surface area contributed by atoms with Gasteiger partial charge in [0.15, 0.2) is 0 Å². The molecule has 0 radical (unpaired) electrons. The Balaban J connectivity index is 2.47. The number of benzene rings is 1. The predicted molar refractivity (Wildman–Crippen MR) is 89.2 cm³/mol. The summed E-state index contributed by atoms with van der Waals surface area (Å²) in [6.07, 6.45) is 1.26. The number of rotatable bonds is 10. The van der Waals surface area contributed by atoms with Gasteiger partial charge in [0.25, 0.3) is 5.69 Å². The summed E-state index contributed by atoms with van der Waals surface area (Å²) in [6.45, 7) is 3.86. The zero-order valence-electron chi connectivity index (χ0n) is 13.5. The van der Waals surface area contributed by atoms with Gasteiger partial charge in [0, 0.05) is 18.6 Å². The van der Waals surface area contributed by atoms with E-state index < -0.39 is 18.4 Å². The monoisotopic (exact) mass is 357 g/mol. The molecule has 1 aromatic rings. The molecule has 0 heterocycles. The van der Waals surface area contributed by atoms with Crippen LogP contribution in [0.2, 0.25) is 0 Å². The van der Waals surface area contributed by atoms with E-state index in [-0.39, 0.29) is 31.5 Å². The van der Waals surface area contributed by atoms with Crippen molar-refractivity contribution in [2.24, 2.45) is 5.10 Å². The van der Waals surface area contributed by atoms with Crippen LogP contribution in [0, 0.1) is 10.1 Å². The zero-order chi connectivity index (χ0) is 18.0. The lowest BCUT2D eigenvalue weighted by molar-refractivity contribution is -0.384. The molecule has 0 saturated heterocycles. The Hall–Kier alpha value is -2.09. The number of carbonyl (C=O) groups is 1. The van der Waals surface area contributed by atoms with Crippen LogP contribution in [0.15, 0.2) is 29.4 Å². The zero-order valence-corrected chi connectivity index (χ0v) is 14.4. The molecule has 0 aliphatic rings. The van der Waals surface area contributed by atoms with E-state index in [1.54, 1.807) is 13.8 Å². The number of hydrogen-bond acceptors (Lipinski definition) is 7. The Morgan fingerprint density at radius 2 is 1.88 bits per heavy atom. The molecule has 9 nitrogen and oxygen atoms in total. The molecule has 132 valence electrons. The highest BCUT2D eigenvalue weighted by Gasteiger charge is 2.24. The van der Waals surface area contributed by atoms with Crippen molar-refractivity contribution in [3.63, 3.8) is 0 Å². The number of amides is 1. The van der Waals surface area contributed by atoms with Crippen LogP contribution in [0.3, 0.4) is 0 Å². The van der Waals surface area contributed by atoms with E-state index >= 15 is 0 Å². The standard InChI is InChI=1S/C14H20N3O6P/c1-3-22-24(21,23-4-2)10-9-14(18)16-15-11-12-5-7-13(8-6-12)17(19)20/h5-8,11H,3-4,9-10H2,1-2H3,(H,16,18)/b15-11+. The summed E-state index contributed by atoms with van der Waals surface area (Å²) in [6, 6.07) is 5.69. The third-order valence-corrected chi connectivity index (χ3v) is 4.85. The molecular weight excluding hydrogens is 337 g/mol. The summed E-state index contributed by atoms with van der Waals surface area (Å²) in [5.41, 5.74) is 2.85. The van der Waals surface area contributed by atoms with E-state index in [1.165, 1.54) is 30.5 Å². The topological polar surface area (TPSA) is 120 Å². The van der Waals surface area contributed by atoms with Crippen LogP contribution >= 0.6 is 7.60 Å². The van der Waals surface area contributed by atoms with Gasteiger partial charge in [-0.05, 0) is 31.5 Å². The molecule has 10 heteroatoms. The molecule has 0 saturated carbocycles. The van der Waals surface area contributed by atoms with Crippen molar-refractivity contribution in [2.75, 3.05) is 19.4 Å². The van der Waals surface area contributed by atoms with Crippen molar-refractivity contribution in [3.8, 4) is 0 Å². The molecule has 0 spiro atoms. The van der Waals surface area contributed by atoms with Gasteiger partial charge >= 0.3 is 7.60 Å². The minimum Gasteiger partial charge on any atom is -0.309 e. The van der Waals surface area contributed by atoms with E-state index in [1.807, 2.05) is 0 Å². The molecular formula is C14H20N3O6P. The Morgan fingerprint density at radius 3 is 2.38 bits per heavy atom. The lowest BCUT2D eigenvalue weighted by Gasteiger charge is -2.16. The third kappa shape index (κ3) is 6.99. The van der Waals surface area contributed by atoms with Gasteiger partial charge in [-0.1, -0.05) is 0 Å². The molecule has 0 unspecified atom stereocenters. The highest BCUT2D eigenvalue weighted by molar-refractivity contribution is 7.53. The highest BCUT2D eigenvalue weighted by Crippen LogP contribution is 2.48. The van der Waals surface area contributed by atoms with E-state index in [2.05, 4.69) is 10.5 Å². The summed E-state index contributed by atoms with van der Waals surface area (Å²) in [4.78, 5) is 21.7. The lowest BCUT2D eigenvalue weighted by atomic mass is 10.2. The first-order chi connectivity index (χ1) is 11.4. The largest absolute Gasteiger partial charge is 0.331 e. The average molecular weight is 357 g/mol. The van der Waals surface area contributed by atoms with E-state index in [0.29, 0.717) is 5.56 Å². The third-order valence-electron chi connectivity index (χ3n) is 2.77. The Morgan fingerprint density at radius 1 is 1.29 bits per heavy atom. The van der Waals surface area contributed by atoms with Gasteiger partial charge in [0.05, 0.1) is 30.5 Å². The van der Waals surface area contributed by atoms with Crippen molar-refractivity contribution in [1.29, 1.82) is 0 Å². The fraction of sp³-hybridized carbons (Fsp3) is 0.429. The second-order valence-electron chi connectivity index (χ2n) is 4.56. The second kappa shape index (κ2) is 9.92. The number of nitrogens with zero attached hydrogens (tertiary/aromatic N) is 2. The molecule has 24 heavy (non-hydrogen) atoms. The van der Waals surface area contributed by atoms with Gasteiger partial charge in [-0.2, -0.15) is 5.10 Å². The molecule has 0 aromatic heterocycles. The van der Waals surface area contributed by atoms with Crippen LogP contribution in [0.4, 0.5) is 5.69 Å². The normalized spacial score (nSPS) is 11.6. The van der Waals surface area contributed by atoms with Gasteiger partial charge in [-0.15, -0.1) is 0 Å². The second-order valence-corrected chi connectivity index (χ2v) is 6.75. The van der Waals surface area contributed by atoms with Crippen molar-refractivity contribution in [3.05, 3.63) is 39.9 Å². The quantitative estimate of drug-likeness (QED) is 0.297. The van der Waals surface area contributed by atoms with Gasteiger partial charge in [0.1, 0.15) is 0 Å². The number of nitro benzene ring substituents is 1. The summed E-state index contributed by atoms with van der Waals surface area (Å²) < 4.78 is 22.4. The first-order valence-corrected chi connectivity index (χ1v) is 9.07. The van der Waals surface area contributed by atoms with Crippen LogP contribution in [0.1, 0.15) is 25.8 Å². The molecule has 0 atom stereocenters. The number of nitrogens with one attached hydrogen (secondary N) is 1. The number of non-ortho nitro benzene ring substituents is 1. The minimum absolute atomic E-state index is 0.0289. The average Bonchev–Trinajstić information content (AvgIpc) is 2.54. The molecule has 0 aliphatic carbocycles. The summed E-state index contributed by atoms with van der Waals surface area (Å²) in [7, 11) is -3.25. The maximum atomic E-state index is 12.2. The Kier molecular flexibility index (Phi) is 8.25. The Bertz CT molecular complexity index is 622.